The highest BCUT2D eigenvalue weighted by molar-refractivity contribution is 7.80. The Morgan fingerprint density at radius 1 is 1.37 bits per heavy atom. The first-order valence-electron chi connectivity index (χ1n) is 5.91. The van der Waals surface area contributed by atoms with Gasteiger partial charge in [-0.2, -0.15) is 0 Å². The summed E-state index contributed by atoms with van der Waals surface area (Å²) in [5, 5.41) is 6.09. The van der Waals surface area contributed by atoms with Crippen molar-refractivity contribution in [3.8, 4) is 0 Å². The van der Waals surface area contributed by atoms with E-state index in [2.05, 4.69) is 15.4 Å². The standard InChI is InChI=1S/C14H18N2O2S/c1-10(15-12-7-5-4-6-8-12)9-13(19)16-11(2)14(17)18-3/h4-9,11,15H,1-3H3,(H,16,19)/b10-9-/t11-/m0/s1. The summed E-state index contributed by atoms with van der Waals surface area (Å²) in [7, 11) is 1.35. The molecule has 0 unspecified atom stereocenters. The van der Waals surface area contributed by atoms with Crippen molar-refractivity contribution < 1.29 is 9.53 Å². The van der Waals surface area contributed by atoms with E-state index in [4.69, 9.17) is 12.2 Å². The number of anilines is 1. The van der Waals surface area contributed by atoms with Crippen molar-refractivity contribution in [3.05, 3.63) is 42.1 Å². The Hall–Kier alpha value is -1.88. The summed E-state index contributed by atoms with van der Waals surface area (Å²) in [4.78, 5) is 11.7. The lowest BCUT2D eigenvalue weighted by molar-refractivity contribution is -0.142. The molecule has 19 heavy (non-hydrogen) atoms. The van der Waals surface area contributed by atoms with Crippen LogP contribution in [0.2, 0.25) is 0 Å². The molecule has 0 fully saturated rings. The van der Waals surface area contributed by atoms with Crippen LogP contribution in [0.15, 0.2) is 42.1 Å². The fraction of sp³-hybridized carbons (Fsp3) is 0.286. The summed E-state index contributed by atoms with van der Waals surface area (Å²) >= 11 is 5.15. The molecule has 1 aromatic carbocycles. The maximum Gasteiger partial charge on any atom is 0.328 e. The second-order valence-electron chi connectivity index (χ2n) is 4.07. The van der Waals surface area contributed by atoms with Gasteiger partial charge in [0, 0.05) is 11.4 Å². The lowest BCUT2D eigenvalue weighted by Crippen LogP contribution is -2.37. The van der Waals surface area contributed by atoms with E-state index in [1.165, 1.54) is 7.11 Å². The fourth-order valence-corrected chi connectivity index (χ4v) is 1.83. The average Bonchev–Trinajstić information content (AvgIpc) is 2.38. The van der Waals surface area contributed by atoms with Crippen molar-refractivity contribution in [2.45, 2.75) is 19.9 Å². The molecule has 0 heterocycles. The lowest BCUT2D eigenvalue weighted by atomic mass is 10.3. The van der Waals surface area contributed by atoms with Crippen molar-refractivity contribution in [1.82, 2.24) is 5.32 Å². The Morgan fingerprint density at radius 2 is 2.00 bits per heavy atom. The van der Waals surface area contributed by atoms with Gasteiger partial charge in [0.1, 0.15) is 11.0 Å². The number of hydrogen-bond donors (Lipinski definition) is 2. The zero-order chi connectivity index (χ0) is 14.3. The zero-order valence-electron chi connectivity index (χ0n) is 11.3. The molecule has 0 bridgehead atoms. The second kappa shape index (κ2) is 7.53. The van der Waals surface area contributed by atoms with E-state index >= 15 is 0 Å². The summed E-state index contributed by atoms with van der Waals surface area (Å²) in [5.41, 5.74) is 1.88. The summed E-state index contributed by atoms with van der Waals surface area (Å²) < 4.78 is 4.62. The molecule has 0 aromatic heterocycles. The average molecular weight is 278 g/mol. The molecule has 0 saturated carbocycles. The molecule has 0 saturated heterocycles. The monoisotopic (exact) mass is 278 g/mol. The fourth-order valence-electron chi connectivity index (χ4n) is 1.47. The number of rotatable bonds is 5. The van der Waals surface area contributed by atoms with E-state index in [-0.39, 0.29) is 5.97 Å². The van der Waals surface area contributed by atoms with Gasteiger partial charge in [-0.1, -0.05) is 30.4 Å². The van der Waals surface area contributed by atoms with Gasteiger partial charge in [0.25, 0.3) is 0 Å². The molecule has 4 nitrogen and oxygen atoms in total. The third-order valence-electron chi connectivity index (χ3n) is 2.38. The minimum absolute atomic E-state index is 0.343. The van der Waals surface area contributed by atoms with Crippen LogP contribution in [0, 0.1) is 0 Å². The van der Waals surface area contributed by atoms with E-state index < -0.39 is 6.04 Å². The first-order valence-corrected chi connectivity index (χ1v) is 6.32. The molecule has 0 aliphatic heterocycles. The number of ether oxygens (including phenoxy) is 1. The molecule has 5 heteroatoms. The maximum atomic E-state index is 11.2. The number of nitrogens with one attached hydrogen (secondary N) is 2. The number of carbonyl (C=O) groups is 1. The van der Waals surface area contributed by atoms with Crippen molar-refractivity contribution in [1.29, 1.82) is 0 Å². The van der Waals surface area contributed by atoms with E-state index in [1.54, 1.807) is 13.0 Å². The number of benzene rings is 1. The van der Waals surface area contributed by atoms with Crippen LogP contribution >= 0.6 is 12.2 Å². The van der Waals surface area contributed by atoms with E-state index in [0.29, 0.717) is 4.99 Å². The number of allylic oxidation sites excluding steroid dienone is 1. The quantitative estimate of drug-likeness (QED) is 0.492. The van der Waals surface area contributed by atoms with Gasteiger partial charge in [-0.25, -0.2) is 4.79 Å². The summed E-state index contributed by atoms with van der Waals surface area (Å²) in [6.45, 7) is 3.61. The number of methoxy groups -OCH3 is 1. The number of carbonyl (C=O) groups excluding carboxylic acids is 1. The molecule has 0 aliphatic rings. The Balaban J connectivity index is 2.54. The predicted octanol–water partition coefficient (Wildman–Crippen LogP) is 2.48. The molecule has 1 rings (SSSR count). The number of para-hydroxylation sites is 1. The number of thiocarbonyl (C=S) groups is 1. The topological polar surface area (TPSA) is 50.4 Å². The molecule has 102 valence electrons. The molecule has 0 aliphatic carbocycles. The first kappa shape index (κ1) is 15.2. The molecule has 1 atom stereocenters. The van der Waals surface area contributed by atoms with Crippen LogP contribution in [0.1, 0.15) is 13.8 Å². The van der Waals surface area contributed by atoms with Crippen LogP contribution in [-0.4, -0.2) is 24.1 Å². The van der Waals surface area contributed by atoms with Gasteiger partial charge in [0.15, 0.2) is 0 Å². The van der Waals surface area contributed by atoms with E-state index in [9.17, 15) is 4.79 Å². The van der Waals surface area contributed by atoms with Gasteiger partial charge >= 0.3 is 5.97 Å². The van der Waals surface area contributed by atoms with Gasteiger partial charge in [-0.15, -0.1) is 0 Å². The van der Waals surface area contributed by atoms with Crippen LogP contribution < -0.4 is 10.6 Å². The Kier molecular flexibility index (Phi) is 6.02. The lowest BCUT2D eigenvalue weighted by Gasteiger charge is -2.12. The highest BCUT2D eigenvalue weighted by Gasteiger charge is 2.12. The summed E-state index contributed by atoms with van der Waals surface area (Å²) in [6, 6.07) is 9.32. The van der Waals surface area contributed by atoms with E-state index in [0.717, 1.165) is 11.4 Å². The minimum Gasteiger partial charge on any atom is -0.467 e. The van der Waals surface area contributed by atoms with Gasteiger partial charge in [0.2, 0.25) is 0 Å². The van der Waals surface area contributed by atoms with Crippen molar-refractivity contribution >= 4 is 28.9 Å². The predicted molar refractivity (Wildman–Crippen MR) is 81.0 cm³/mol. The number of hydrogen-bond acceptors (Lipinski definition) is 4. The third kappa shape index (κ3) is 5.52. The van der Waals surface area contributed by atoms with Crippen LogP contribution in [0.5, 0.6) is 0 Å². The zero-order valence-corrected chi connectivity index (χ0v) is 12.1. The van der Waals surface area contributed by atoms with Gasteiger partial charge in [-0.3, -0.25) is 0 Å². The molecule has 0 spiro atoms. The van der Waals surface area contributed by atoms with Gasteiger partial charge in [-0.05, 0) is 32.1 Å². The summed E-state index contributed by atoms with van der Waals surface area (Å²) in [6.07, 6.45) is 1.77. The highest BCUT2D eigenvalue weighted by Crippen LogP contribution is 2.08. The van der Waals surface area contributed by atoms with Crippen LogP contribution in [-0.2, 0) is 9.53 Å². The SMILES string of the molecule is COC(=O)[C@H](C)NC(=S)/C=C(/C)Nc1ccccc1. The van der Waals surface area contributed by atoms with Crippen molar-refractivity contribution in [3.63, 3.8) is 0 Å². The van der Waals surface area contributed by atoms with Crippen LogP contribution in [0.25, 0.3) is 0 Å². The van der Waals surface area contributed by atoms with Crippen molar-refractivity contribution in [2.75, 3.05) is 12.4 Å². The van der Waals surface area contributed by atoms with E-state index in [1.807, 2.05) is 37.3 Å². The second-order valence-corrected chi connectivity index (χ2v) is 4.51. The Labute approximate surface area is 118 Å². The minimum atomic E-state index is -0.460. The molecular weight excluding hydrogens is 260 g/mol. The smallest absolute Gasteiger partial charge is 0.328 e. The molecular formula is C14H18N2O2S. The van der Waals surface area contributed by atoms with Gasteiger partial charge in [0.05, 0.1) is 7.11 Å². The van der Waals surface area contributed by atoms with Gasteiger partial charge < -0.3 is 15.4 Å². The molecule has 2 N–H and O–H groups in total. The maximum absolute atomic E-state index is 11.2. The molecule has 0 amide bonds. The highest BCUT2D eigenvalue weighted by atomic mass is 32.1. The first-order chi connectivity index (χ1) is 9.02. The molecule has 1 aromatic rings. The van der Waals surface area contributed by atoms with Crippen LogP contribution in [0.3, 0.4) is 0 Å². The Morgan fingerprint density at radius 3 is 2.58 bits per heavy atom. The van der Waals surface area contributed by atoms with Crippen molar-refractivity contribution in [2.24, 2.45) is 0 Å². The van der Waals surface area contributed by atoms with Crippen LogP contribution in [0.4, 0.5) is 5.69 Å². The normalized spacial score (nSPS) is 12.5. The largest absolute Gasteiger partial charge is 0.467 e. The summed E-state index contributed by atoms with van der Waals surface area (Å²) in [5.74, 6) is -0.343. The number of esters is 1. The third-order valence-corrected chi connectivity index (χ3v) is 2.61. The molecule has 0 radical (unpaired) electrons. The Bertz CT molecular complexity index is 472.